The first-order valence-corrected chi connectivity index (χ1v) is 5.98. The minimum atomic E-state index is 0.647. The summed E-state index contributed by atoms with van der Waals surface area (Å²) in [5, 5.41) is 3.52. The van der Waals surface area contributed by atoms with Crippen molar-refractivity contribution in [3.05, 3.63) is 85.1 Å². The molecule has 19 heavy (non-hydrogen) atoms. The van der Waals surface area contributed by atoms with Gasteiger partial charge >= 0.3 is 0 Å². The van der Waals surface area contributed by atoms with Crippen LogP contribution < -0.4 is 0 Å². The lowest BCUT2D eigenvalue weighted by Crippen LogP contribution is -1.65. The lowest BCUT2D eigenvalue weighted by Gasteiger charge is -1.87. The average Bonchev–Trinajstić information content (AvgIpc) is 2.45. The Kier molecular flexibility index (Phi) is 5.11. The van der Waals surface area contributed by atoms with Gasteiger partial charge in [-0.25, -0.2) is 0 Å². The highest BCUT2D eigenvalue weighted by Crippen LogP contribution is 2.08. The SMILES string of the molecule is c1cccccc2ccccc2oo[nH]cccc1. The number of benzene rings is 1. The molecule has 1 N–H and O–H groups in total. The maximum Gasteiger partial charge on any atom is 0.188 e. The third-order valence-corrected chi connectivity index (χ3v) is 2.32. The first-order valence-electron chi connectivity index (χ1n) is 5.98. The van der Waals surface area contributed by atoms with E-state index in [1.807, 2.05) is 72.8 Å². The second kappa shape index (κ2) is 7.61. The molecule has 2 aromatic rings. The Morgan fingerprint density at radius 3 is 2.00 bits per heavy atom. The number of rotatable bonds is 0. The number of aromatic amines is 1. The van der Waals surface area contributed by atoms with Crippen molar-refractivity contribution in [2.24, 2.45) is 0 Å². The van der Waals surface area contributed by atoms with E-state index in [1.165, 1.54) is 0 Å². The van der Waals surface area contributed by atoms with Gasteiger partial charge in [-0.2, -0.15) is 9.84 Å². The van der Waals surface area contributed by atoms with Crippen LogP contribution >= 0.6 is 0 Å². The van der Waals surface area contributed by atoms with E-state index < -0.39 is 0 Å². The van der Waals surface area contributed by atoms with Crippen LogP contribution in [0.15, 0.2) is 94.3 Å². The summed E-state index contributed by atoms with van der Waals surface area (Å²) in [6.07, 6.45) is 1.64. The van der Waals surface area contributed by atoms with Crippen molar-refractivity contribution in [2.45, 2.75) is 0 Å². The summed E-state index contributed by atoms with van der Waals surface area (Å²) in [5.74, 6) is 0. The minimum absolute atomic E-state index is 0.647. The number of para-hydroxylation sites is 1. The summed E-state index contributed by atoms with van der Waals surface area (Å²) >= 11 is 0. The molecule has 3 nitrogen and oxygen atoms in total. The Labute approximate surface area is 111 Å². The van der Waals surface area contributed by atoms with Crippen LogP contribution in [0.2, 0.25) is 0 Å². The van der Waals surface area contributed by atoms with Gasteiger partial charge in [-0.1, -0.05) is 66.7 Å². The van der Waals surface area contributed by atoms with Crippen molar-refractivity contribution in [3.8, 4) is 0 Å². The quantitative estimate of drug-likeness (QED) is 0.690. The van der Waals surface area contributed by atoms with Gasteiger partial charge in [0, 0.05) is 11.6 Å². The smallest absolute Gasteiger partial charge is 0.188 e. The van der Waals surface area contributed by atoms with Crippen LogP contribution in [0, 0.1) is 0 Å². The molecule has 0 fully saturated rings. The standard InChI is InChI=1S/C16H15NO2/c1-2-4-6-10-14-17-19-18-16-13-9-8-12-15(16)11-7-5-3-1/h1-14,17H. The Morgan fingerprint density at radius 2 is 1.21 bits per heavy atom. The van der Waals surface area contributed by atoms with E-state index in [0.717, 1.165) is 5.39 Å². The predicted octanol–water partition coefficient (Wildman–Crippen LogP) is 4.73. The fraction of sp³-hybridized carbons (Fsp3) is 0. The molecule has 0 saturated heterocycles. The van der Waals surface area contributed by atoms with E-state index >= 15 is 0 Å². The van der Waals surface area contributed by atoms with Crippen LogP contribution in [0.25, 0.3) is 11.0 Å². The largest absolute Gasteiger partial charge is 0.269 e. The Bertz CT molecular complexity index is 606. The fourth-order valence-corrected chi connectivity index (χ4v) is 1.43. The van der Waals surface area contributed by atoms with Crippen LogP contribution in [0.3, 0.4) is 0 Å². The zero-order chi connectivity index (χ0) is 13.2. The van der Waals surface area contributed by atoms with E-state index in [0.29, 0.717) is 5.58 Å². The molecular formula is C16H15NO2. The van der Waals surface area contributed by atoms with E-state index in [1.54, 1.807) is 12.3 Å². The molecule has 1 heterocycles. The van der Waals surface area contributed by atoms with Gasteiger partial charge < -0.3 is 0 Å². The lowest BCUT2D eigenvalue weighted by atomic mass is 10.2. The number of fused-ring (bicyclic) bond motifs is 1. The molecule has 96 valence electrons. The molecule has 0 radical (unpaired) electrons. The molecule has 0 saturated carbocycles. The van der Waals surface area contributed by atoms with Crippen molar-refractivity contribution >= 4 is 11.0 Å². The van der Waals surface area contributed by atoms with E-state index in [2.05, 4.69) is 5.16 Å². The first kappa shape index (κ1) is 12.8. The van der Waals surface area contributed by atoms with Crippen molar-refractivity contribution in [3.63, 3.8) is 0 Å². The number of H-pyrrole nitrogens is 1. The van der Waals surface area contributed by atoms with Crippen molar-refractivity contribution in [1.82, 2.24) is 5.16 Å². The summed E-state index contributed by atoms with van der Waals surface area (Å²) in [6, 6.07) is 24.9. The highest BCUT2D eigenvalue weighted by molar-refractivity contribution is 5.74. The van der Waals surface area contributed by atoms with Gasteiger partial charge in [-0.3, -0.25) is 4.58 Å². The highest BCUT2D eigenvalue weighted by Gasteiger charge is 1.87. The van der Waals surface area contributed by atoms with Crippen LogP contribution in [-0.4, -0.2) is 5.16 Å². The van der Waals surface area contributed by atoms with Gasteiger partial charge in [0.2, 0.25) is 0 Å². The zero-order valence-electron chi connectivity index (χ0n) is 10.4. The summed E-state index contributed by atoms with van der Waals surface area (Å²) in [4.78, 5) is 0. The monoisotopic (exact) mass is 253 g/mol. The normalized spacial score (nSPS) is 9.05. The van der Waals surface area contributed by atoms with E-state index in [4.69, 9.17) is 9.26 Å². The highest BCUT2D eigenvalue weighted by atomic mass is 17.0. The maximum atomic E-state index is 5.19. The Hall–Kier alpha value is -2.68. The third kappa shape index (κ3) is 4.60. The van der Waals surface area contributed by atoms with Crippen molar-refractivity contribution in [2.75, 3.05) is 0 Å². The van der Waals surface area contributed by atoms with Gasteiger partial charge in [-0.05, 0) is 12.1 Å². The van der Waals surface area contributed by atoms with Crippen LogP contribution in [0.5, 0.6) is 0 Å². The Morgan fingerprint density at radius 1 is 0.632 bits per heavy atom. The molecule has 0 amide bonds. The molecule has 2 rings (SSSR count). The first-order chi connectivity index (χ1) is 9.47. The molecule has 1 aromatic carbocycles. The third-order valence-electron chi connectivity index (χ3n) is 2.32. The van der Waals surface area contributed by atoms with E-state index in [9.17, 15) is 0 Å². The van der Waals surface area contributed by atoms with Gasteiger partial charge in [0.15, 0.2) is 5.58 Å². The van der Waals surface area contributed by atoms with Gasteiger partial charge in [-0.15, -0.1) is 0 Å². The average molecular weight is 253 g/mol. The van der Waals surface area contributed by atoms with E-state index in [-0.39, 0.29) is 0 Å². The second-order valence-corrected chi connectivity index (χ2v) is 3.70. The molecule has 1 aromatic heterocycles. The number of aromatic nitrogens is 1. The van der Waals surface area contributed by atoms with Crippen LogP contribution in [-0.2, 0) is 0 Å². The molecule has 0 aliphatic rings. The molecule has 0 bridgehead atoms. The minimum Gasteiger partial charge on any atom is -0.269 e. The number of nitrogens with one attached hydrogen (secondary N) is 1. The zero-order valence-corrected chi connectivity index (χ0v) is 10.4. The Balaban J connectivity index is 2.61. The summed E-state index contributed by atoms with van der Waals surface area (Å²) in [6.45, 7) is 0. The van der Waals surface area contributed by atoms with Gasteiger partial charge in [0.25, 0.3) is 0 Å². The van der Waals surface area contributed by atoms with Gasteiger partial charge in [0.1, 0.15) is 0 Å². The van der Waals surface area contributed by atoms with Crippen molar-refractivity contribution < 1.29 is 9.26 Å². The molecule has 0 atom stereocenters. The molecule has 3 heteroatoms. The van der Waals surface area contributed by atoms with Gasteiger partial charge in [0.05, 0.1) is 0 Å². The summed E-state index contributed by atoms with van der Waals surface area (Å²) < 4.78 is 10.1. The summed E-state index contributed by atoms with van der Waals surface area (Å²) in [5.41, 5.74) is 0.647. The summed E-state index contributed by atoms with van der Waals surface area (Å²) in [7, 11) is 0. The topological polar surface area (TPSA) is 42.1 Å². The predicted molar refractivity (Wildman–Crippen MR) is 75.7 cm³/mol. The lowest BCUT2D eigenvalue weighted by molar-refractivity contribution is 0.00728. The van der Waals surface area contributed by atoms with Crippen LogP contribution in [0.4, 0.5) is 0 Å². The second-order valence-electron chi connectivity index (χ2n) is 3.70. The fourth-order valence-electron chi connectivity index (χ4n) is 1.43. The maximum absolute atomic E-state index is 5.19. The van der Waals surface area contributed by atoms with Crippen molar-refractivity contribution in [1.29, 1.82) is 0 Å². The molecule has 0 spiro atoms. The molecular weight excluding hydrogens is 238 g/mol. The number of hydrogen-bond donors (Lipinski definition) is 1. The number of hydrogen-bond acceptors (Lipinski definition) is 2. The molecule has 0 aliphatic heterocycles. The van der Waals surface area contributed by atoms with Crippen LogP contribution in [0.1, 0.15) is 0 Å². The molecule has 0 unspecified atom stereocenters. The molecule has 0 aliphatic carbocycles.